The molecule has 0 fully saturated rings. The van der Waals surface area contributed by atoms with Gasteiger partial charge in [0.2, 0.25) is 6.08 Å². The summed E-state index contributed by atoms with van der Waals surface area (Å²) in [5.41, 5.74) is 1.99. The summed E-state index contributed by atoms with van der Waals surface area (Å²) in [6, 6.07) is 3.82. The maximum absolute atomic E-state index is 10.0. The van der Waals surface area contributed by atoms with Crippen molar-refractivity contribution in [2.45, 2.75) is 13.0 Å². The van der Waals surface area contributed by atoms with Crippen molar-refractivity contribution in [3.8, 4) is 11.5 Å². The Kier molecular flexibility index (Phi) is 2.70. The second-order valence-corrected chi connectivity index (χ2v) is 3.28. The zero-order chi connectivity index (χ0) is 10.7. The lowest BCUT2D eigenvalue weighted by Gasteiger charge is -2.08. The van der Waals surface area contributed by atoms with Crippen LogP contribution in [0, 0.1) is 0 Å². The fourth-order valence-corrected chi connectivity index (χ4v) is 1.68. The minimum atomic E-state index is 0.281. The summed E-state index contributed by atoms with van der Waals surface area (Å²) in [5, 5.41) is 0. The predicted octanol–water partition coefficient (Wildman–Crippen LogP) is 1.47. The van der Waals surface area contributed by atoms with Crippen LogP contribution in [-0.4, -0.2) is 19.8 Å². The summed E-state index contributed by atoms with van der Waals surface area (Å²) in [7, 11) is 1.60. The number of hydrogen-bond donors (Lipinski definition) is 0. The minimum absolute atomic E-state index is 0.281. The SMILES string of the molecule is COc1cc2c(cc1CN=C=O)OCC2. The van der Waals surface area contributed by atoms with Crippen LogP contribution in [0.3, 0.4) is 0 Å². The number of benzene rings is 1. The molecule has 1 aromatic rings. The van der Waals surface area contributed by atoms with Crippen LogP contribution in [0.4, 0.5) is 0 Å². The molecular formula is C11H11NO3. The molecule has 1 aliphatic heterocycles. The molecule has 0 saturated carbocycles. The van der Waals surface area contributed by atoms with Crippen LogP contribution in [0.5, 0.6) is 11.5 Å². The zero-order valence-corrected chi connectivity index (χ0v) is 8.45. The normalized spacial score (nSPS) is 12.6. The third-order valence-corrected chi connectivity index (χ3v) is 2.41. The van der Waals surface area contributed by atoms with E-state index in [2.05, 4.69) is 4.99 Å². The van der Waals surface area contributed by atoms with Gasteiger partial charge in [0, 0.05) is 17.5 Å². The molecule has 0 bridgehead atoms. The number of carbonyl (C=O) groups excluding carboxylic acids is 1. The number of rotatable bonds is 3. The molecule has 1 heterocycles. The topological polar surface area (TPSA) is 47.9 Å². The van der Waals surface area contributed by atoms with Gasteiger partial charge in [0.15, 0.2) is 0 Å². The van der Waals surface area contributed by atoms with Crippen molar-refractivity contribution in [3.63, 3.8) is 0 Å². The highest BCUT2D eigenvalue weighted by atomic mass is 16.5. The smallest absolute Gasteiger partial charge is 0.235 e. The molecule has 2 rings (SSSR count). The first-order chi connectivity index (χ1) is 7.35. The van der Waals surface area contributed by atoms with Crippen molar-refractivity contribution in [1.82, 2.24) is 0 Å². The van der Waals surface area contributed by atoms with E-state index < -0.39 is 0 Å². The maximum Gasteiger partial charge on any atom is 0.235 e. The van der Waals surface area contributed by atoms with Gasteiger partial charge in [0.05, 0.1) is 20.3 Å². The number of nitrogens with zero attached hydrogens (tertiary/aromatic N) is 1. The minimum Gasteiger partial charge on any atom is -0.496 e. The number of ether oxygens (including phenoxy) is 2. The molecule has 0 radical (unpaired) electrons. The maximum atomic E-state index is 10.0. The number of hydrogen-bond acceptors (Lipinski definition) is 4. The summed E-state index contributed by atoms with van der Waals surface area (Å²) in [6.07, 6.45) is 2.42. The first-order valence-corrected chi connectivity index (χ1v) is 4.71. The molecule has 1 aliphatic rings. The van der Waals surface area contributed by atoms with E-state index in [-0.39, 0.29) is 6.54 Å². The number of methoxy groups -OCH3 is 1. The average molecular weight is 205 g/mol. The third kappa shape index (κ3) is 1.85. The second-order valence-electron chi connectivity index (χ2n) is 3.28. The van der Waals surface area contributed by atoms with Gasteiger partial charge >= 0.3 is 0 Å². The Morgan fingerprint density at radius 3 is 3.20 bits per heavy atom. The van der Waals surface area contributed by atoms with E-state index in [1.165, 1.54) is 6.08 Å². The van der Waals surface area contributed by atoms with E-state index in [1.54, 1.807) is 7.11 Å². The van der Waals surface area contributed by atoms with Crippen molar-refractivity contribution < 1.29 is 14.3 Å². The second kappa shape index (κ2) is 4.15. The Morgan fingerprint density at radius 1 is 1.60 bits per heavy atom. The molecule has 4 heteroatoms. The molecule has 0 amide bonds. The highest BCUT2D eigenvalue weighted by Gasteiger charge is 2.15. The Balaban J connectivity index is 2.39. The van der Waals surface area contributed by atoms with Gasteiger partial charge in [-0.2, -0.15) is 0 Å². The zero-order valence-electron chi connectivity index (χ0n) is 8.45. The highest BCUT2D eigenvalue weighted by Crippen LogP contribution is 2.32. The quantitative estimate of drug-likeness (QED) is 0.554. The van der Waals surface area contributed by atoms with E-state index in [0.717, 1.165) is 29.0 Å². The third-order valence-electron chi connectivity index (χ3n) is 2.41. The molecule has 0 unspecified atom stereocenters. The van der Waals surface area contributed by atoms with Crippen molar-refractivity contribution >= 4 is 6.08 Å². The first kappa shape index (κ1) is 9.74. The van der Waals surface area contributed by atoms with Crippen molar-refractivity contribution in [2.24, 2.45) is 4.99 Å². The van der Waals surface area contributed by atoms with Crippen LogP contribution in [-0.2, 0) is 17.8 Å². The fraction of sp³-hybridized carbons (Fsp3) is 0.364. The van der Waals surface area contributed by atoms with E-state index in [4.69, 9.17) is 9.47 Å². The van der Waals surface area contributed by atoms with E-state index in [0.29, 0.717) is 6.61 Å². The molecule has 0 aliphatic carbocycles. The van der Waals surface area contributed by atoms with Crippen LogP contribution in [0.1, 0.15) is 11.1 Å². The summed E-state index contributed by atoms with van der Waals surface area (Å²) >= 11 is 0. The summed E-state index contributed by atoms with van der Waals surface area (Å²) in [4.78, 5) is 13.6. The monoisotopic (exact) mass is 205 g/mol. The highest BCUT2D eigenvalue weighted by molar-refractivity contribution is 5.48. The summed E-state index contributed by atoms with van der Waals surface area (Å²) < 4.78 is 10.6. The molecule has 4 nitrogen and oxygen atoms in total. The fourth-order valence-electron chi connectivity index (χ4n) is 1.68. The Bertz CT molecular complexity index is 422. The Morgan fingerprint density at radius 2 is 2.47 bits per heavy atom. The van der Waals surface area contributed by atoms with Crippen LogP contribution in [0.25, 0.3) is 0 Å². The van der Waals surface area contributed by atoms with E-state index in [1.807, 2.05) is 12.1 Å². The van der Waals surface area contributed by atoms with Gasteiger partial charge in [0.1, 0.15) is 11.5 Å². The lowest BCUT2D eigenvalue weighted by Crippen LogP contribution is -1.92. The first-order valence-electron chi connectivity index (χ1n) is 4.71. The Hall–Kier alpha value is -1.80. The number of isocyanates is 1. The Labute approximate surface area is 87.5 Å². The van der Waals surface area contributed by atoms with Crippen molar-refractivity contribution in [1.29, 1.82) is 0 Å². The predicted molar refractivity (Wildman–Crippen MR) is 54.0 cm³/mol. The number of aliphatic imine (C=N–C) groups is 1. The van der Waals surface area contributed by atoms with E-state index >= 15 is 0 Å². The molecule has 0 aromatic heterocycles. The number of fused-ring (bicyclic) bond motifs is 1. The van der Waals surface area contributed by atoms with Gasteiger partial charge in [-0.1, -0.05) is 0 Å². The molecular weight excluding hydrogens is 194 g/mol. The molecule has 0 N–H and O–H groups in total. The van der Waals surface area contributed by atoms with Crippen LogP contribution in [0.2, 0.25) is 0 Å². The average Bonchev–Trinajstić information content (AvgIpc) is 2.71. The lowest BCUT2D eigenvalue weighted by molar-refractivity contribution is 0.356. The van der Waals surface area contributed by atoms with Crippen LogP contribution in [0.15, 0.2) is 17.1 Å². The molecule has 0 atom stereocenters. The summed E-state index contributed by atoms with van der Waals surface area (Å²) in [5.74, 6) is 1.62. The van der Waals surface area contributed by atoms with Gasteiger partial charge in [-0.05, 0) is 12.1 Å². The molecule has 15 heavy (non-hydrogen) atoms. The lowest BCUT2D eigenvalue weighted by atomic mass is 10.1. The van der Waals surface area contributed by atoms with Crippen molar-refractivity contribution in [3.05, 3.63) is 23.3 Å². The van der Waals surface area contributed by atoms with Crippen LogP contribution >= 0.6 is 0 Å². The standard InChI is InChI=1S/C11H11NO3/c1-14-10-4-8-2-3-15-11(8)5-9(10)6-12-7-13/h4-5H,2-3,6H2,1H3. The molecule has 0 spiro atoms. The van der Waals surface area contributed by atoms with Crippen molar-refractivity contribution in [2.75, 3.05) is 13.7 Å². The van der Waals surface area contributed by atoms with Gasteiger partial charge in [-0.15, -0.1) is 0 Å². The van der Waals surface area contributed by atoms with Gasteiger partial charge in [-0.25, -0.2) is 9.79 Å². The molecule has 1 aromatic carbocycles. The van der Waals surface area contributed by atoms with Gasteiger partial charge in [0.25, 0.3) is 0 Å². The van der Waals surface area contributed by atoms with Gasteiger partial charge in [-0.3, -0.25) is 0 Å². The van der Waals surface area contributed by atoms with Crippen LogP contribution < -0.4 is 9.47 Å². The molecule has 78 valence electrons. The summed E-state index contributed by atoms with van der Waals surface area (Å²) in [6.45, 7) is 0.988. The largest absolute Gasteiger partial charge is 0.496 e. The molecule has 0 saturated heterocycles. The van der Waals surface area contributed by atoms with Gasteiger partial charge < -0.3 is 9.47 Å². The van der Waals surface area contributed by atoms with E-state index in [9.17, 15) is 4.79 Å².